The Morgan fingerprint density at radius 2 is 2.08 bits per heavy atom. The summed E-state index contributed by atoms with van der Waals surface area (Å²) in [4.78, 5) is 23.5. The minimum atomic E-state index is -0.982. The molecule has 250 valence electrons. The number of carboxylic acid groups (broad SMARTS) is 1. The van der Waals surface area contributed by atoms with Gasteiger partial charge < -0.3 is 30.5 Å². The first-order valence-electron chi connectivity index (χ1n) is 15.9. The Labute approximate surface area is 286 Å². The van der Waals surface area contributed by atoms with E-state index < -0.39 is 17.8 Å². The van der Waals surface area contributed by atoms with Crippen molar-refractivity contribution in [3.63, 3.8) is 0 Å². The smallest absolute Gasteiger partial charge is 0.329 e. The van der Waals surface area contributed by atoms with Crippen LogP contribution in [0.5, 0.6) is 5.75 Å². The van der Waals surface area contributed by atoms with Gasteiger partial charge in [0.2, 0.25) is 0 Å². The molecule has 2 unspecified atom stereocenters. The summed E-state index contributed by atoms with van der Waals surface area (Å²) in [7, 11) is 0. The summed E-state index contributed by atoms with van der Waals surface area (Å²) < 4.78 is 21.4. The molecule has 2 aromatic heterocycles. The van der Waals surface area contributed by atoms with Gasteiger partial charge in [0.1, 0.15) is 0 Å². The summed E-state index contributed by atoms with van der Waals surface area (Å²) in [5.41, 5.74) is 3.50. The third kappa shape index (κ3) is 7.87. The molecule has 0 radical (unpaired) electrons. The number of nitrogens with one attached hydrogen (secondary N) is 2. The highest BCUT2D eigenvalue weighted by Crippen LogP contribution is 2.38. The molecule has 0 saturated carbocycles. The lowest BCUT2D eigenvalue weighted by molar-refractivity contribution is -0.138. The van der Waals surface area contributed by atoms with E-state index in [4.69, 9.17) is 9.84 Å². The van der Waals surface area contributed by atoms with Crippen LogP contribution in [0.4, 0.5) is 21.2 Å². The number of carboxylic acids is 1. The lowest BCUT2D eigenvalue weighted by atomic mass is 10.0. The number of aliphatic hydroxyl groups excluding tert-OH is 1. The van der Waals surface area contributed by atoms with Gasteiger partial charge in [0.25, 0.3) is 0 Å². The fourth-order valence-corrected chi connectivity index (χ4v) is 7.78. The number of rotatable bonds is 12. The van der Waals surface area contributed by atoms with Crippen LogP contribution in [0.15, 0.2) is 47.5 Å². The number of fused-ring (bicyclic) bond motifs is 2. The zero-order valence-corrected chi connectivity index (χ0v) is 28.0. The Morgan fingerprint density at radius 3 is 2.90 bits per heavy atom. The van der Waals surface area contributed by atoms with Gasteiger partial charge in [-0.1, -0.05) is 47.1 Å². The molecule has 2 aliphatic heterocycles. The maximum Gasteiger partial charge on any atom is 0.329 e. The first-order chi connectivity index (χ1) is 23.4. The number of aliphatic imine (C=N–C) groups is 1. The van der Waals surface area contributed by atoms with Crippen molar-refractivity contribution >= 4 is 61.2 Å². The molecule has 2 aromatic carbocycles. The van der Waals surface area contributed by atoms with Gasteiger partial charge in [0, 0.05) is 35.1 Å². The molecule has 0 bridgehead atoms. The largest absolute Gasteiger partial charge is 0.491 e. The predicted octanol–water partition coefficient (Wildman–Crippen LogP) is 5.14. The topological polar surface area (TPSA) is 145 Å². The van der Waals surface area contributed by atoms with Crippen molar-refractivity contribution < 1.29 is 24.1 Å². The highest BCUT2D eigenvalue weighted by atomic mass is 32.2. The van der Waals surface area contributed by atoms with Crippen molar-refractivity contribution in [2.75, 3.05) is 43.1 Å². The fourth-order valence-electron chi connectivity index (χ4n) is 5.57. The van der Waals surface area contributed by atoms with Crippen LogP contribution in [0.25, 0.3) is 10.2 Å². The number of carbonyl (C=O) groups is 1. The number of nitrogens with zero attached hydrogens (tertiary/aromatic N) is 5. The van der Waals surface area contributed by atoms with Crippen LogP contribution in [0.1, 0.15) is 42.4 Å². The number of thioether (sulfide) groups is 1. The second-order valence-electron chi connectivity index (χ2n) is 11.4. The molecule has 0 aliphatic carbocycles. The number of aliphatic carboxylic acids is 1. The van der Waals surface area contributed by atoms with E-state index in [1.807, 2.05) is 36.1 Å². The van der Waals surface area contributed by atoms with Crippen molar-refractivity contribution in [1.29, 1.82) is 0 Å². The number of hydrogen-bond acceptors (Lipinski definition) is 12. The van der Waals surface area contributed by atoms with Crippen LogP contribution in [-0.2, 0) is 11.2 Å². The van der Waals surface area contributed by atoms with Gasteiger partial charge in [0.05, 0.1) is 23.4 Å². The molecule has 0 fully saturated rings. The number of thiazole rings is 1. The third-order valence-corrected chi connectivity index (χ3v) is 10.3. The van der Waals surface area contributed by atoms with E-state index in [2.05, 4.69) is 42.6 Å². The number of benzene rings is 2. The minimum absolute atomic E-state index is 0.123. The van der Waals surface area contributed by atoms with E-state index >= 15 is 0 Å². The van der Waals surface area contributed by atoms with Crippen LogP contribution in [0, 0.1) is 24.6 Å². The quantitative estimate of drug-likeness (QED) is 0.116. The van der Waals surface area contributed by atoms with Gasteiger partial charge >= 0.3 is 5.97 Å². The van der Waals surface area contributed by atoms with Gasteiger partial charge in [0.15, 0.2) is 39.5 Å². The Bertz CT molecular complexity index is 1840. The second-order valence-corrected chi connectivity index (χ2v) is 13.6. The summed E-state index contributed by atoms with van der Waals surface area (Å²) >= 11 is 2.99. The predicted molar refractivity (Wildman–Crippen MR) is 188 cm³/mol. The number of anilines is 3. The Morgan fingerprint density at radius 1 is 1.21 bits per heavy atom. The second kappa shape index (κ2) is 15.7. The number of amidine groups is 1. The number of ether oxygens (including phenoxy) is 1. The zero-order valence-electron chi connectivity index (χ0n) is 26.4. The average molecular weight is 690 g/mol. The summed E-state index contributed by atoms with van der Waals surface area (Å²) in [6, 6.07) is 11.7. The molecule has 14 heteroatoms. The molecule has 2 atom stereocenters. The van der Waals surface area contributed by atoms with E-state index in [-0.39, 0.29) is 24.2 Å². The number of aliphatic hydroxyl groups is 1. The van der Waals surface area contributed by atoms with Crippen LogP contribution in [0.3, 0.4) is 0 Å². The fraction of sp³-hybridized carbons (Fsp3) is 0.382. The van der Waals surface area contributed by atoms with Gasteiger partial charge in [-0.05, 0) is 75.9 Å². The summed E-state index contributed by atoms with van der Waals surface area (Å²) in [6.45, 7) is 4.15. The molecule has 2 aliphatic rings. The molecule has 4 heterocycles. The van der Waals surface area contributed by atoms with Crippen LogP contribution in [-0.4, -0.2) is 80.7 Å². The highest BCUT2D eigenvalue weighted by Gasteiger charge is 2.39. The monoisotopic (exact) mass is 689 g/mol. The lowest BCUT2D eigenvalue weighted by Crippen LogP contribution is -2.35. The van der Waals surface area contributed by atoms with Gasteiger partial charge in [-0.3, -0.25) is 0 Å². The molecular formula is C34H36FN7O4S2. The zero-order chi connectivity index (χ0) is 33.5. The van der Waals surface area contributed by atoms with Crippen molar-refractivity contribution in [3.8, 4) is 17.6 Å². The van der Waals surface area contributed by atoms with Crippen molar-refractivity contribution in [1.82, 2.24) is 20.5 Å². The first-order valence-corrected chi connectivity index (χ1v) is 17.6. The maximum absolute atomic E-state index is 14.6. The van der Waals surface area contributed by atoms with E-state index in [1.54, 1.807) is 23.5 Å². The summed E-state index contributed by atoms with van der Waals surface area (Å²) in [5.74, 6) is 5.83. The van der Waals surface area contributed by atoms with Crippen molar-refractivity contribution in [3.05, 3.63) is 65.0 Å². The summed E-state index contributed by atoms with van der Waals surface area (Å²) in [5, 5.41) is 35.4. The van der Waals surface area contributed by atoms with Gasteiger partial charge in [-0.15, -0.1) is 10.2 Å². The van der Waals surface area contributed by atoms with Crippen molar-refractivity contribution in [2.24, 2.45) is 4.99 Å². The number of aromatic nitrogens is 3. The molecule has 4 aromatic rings. The number of hydrogen-bond donors (Lipinski definition) is 4. The van der Waals surface area contributed by atoms with E-state index in [0.29, 0.717) is 61.3 Å². The Kier molecular flexibility index (Phi) is 11.0. The molecule has 0 spiro atoms. The molecule has 0 amide bonds. The standard InChI is InChI=1S/C34H36FN7O4S2/c1-21-23-9-5-17-42(31(23)41-40-30(21)39-33-37-25-10-2-3-11-27(25)47-33)34-38-29(32(44)45)28(48-34)12-6-19-46-26-14-13-22(20-24(26)35)8-4-15-36-16-7-18-43/h2-3,10-11,13-14,20,28-29,36,43H,5-7,9,12,15-19H2,1H3,(H,44,45)(H,37,39,40). The van der Waals surface area contributed by atoms with Crippen LogP contribution < -0.4 is 20.3 Å². The lowest BCUT2D eigenvalue weighted by Gasteiger charge is -2.30. The minimum Gasteiger partial charge on any atom is -0.491 e. The molecule has 11 nitrogen and oxygen atoms in total. The third-order valence-electron chi connectivity index (χ3n) is 8.03. The van der Waals surface area contributed by atoms with Gasteiger partial charge in [-0.25, -0.2) is 19.2 Å². The van der Waals surface area contributed by atoms with E-state index in [9.17, 15) is 14.3 Å². The van der Waals surface area contributed by atoms with Crippen molar-refractivity contribution in [2.45, 2.75) is 50.3 Å². The molecule has 0 saturated heterocycles. The maximum atomic E-state index is 14.6. The molecular weight excluding hydrogens is 654 g/mol. The van der Waals surface area contributed by atoms with Crippen LogP contribution in [0.2, 0.25) is 0 Å². The van der Waals surface area contributed by atoms with E-state index in [0.717, 1.165) is 39.3 Å². The van der Waals surface area contributed by atoms with Gasteiger partial charge in [-0.2, -0.15) is 0 Å². The molecule has 6 rings (SSSR count). The number of para-hydroxylation sites is 1. The summed E-state index contributed by atoms with van der Waals surface area (Å²) in [6.07, 6.45) is 3.41. The normalized spacial score (nSPS) is 17.1. The number of halogens is 1. The molecule has 4 N–H and O–H groups in total. The average Bonchev–Trinajstić information content (AvgIpc) is 3.71. The Hall–Kier alpha value is -4.29. The molecule has 48 heavy (non-hydrogen) atoms. The first kappa shape index (κ1) is 33.6. The van der Waals surface area contributed by atoms with E-state index in [1.165, 1.54) is 17.8 Å². The van der Waals surface area contributed by atoms with Crippen LogP contribution >= 0.6 is 23.1 Å². The Balaban J connectivity index is 1.05. The highest BCUT2D eigenvalue weighted by molar-refractivity contribution is 8.15. The SMILES string of the molecule is Cc1c(Nc2nc3ccccc3s2)nnc2c1CCCN2C1=NC(C(=O)O)C(CCCOc2ccc(C#CCNCCCO)cc2F)S1.